The lowest BCUT2D eigenvalue weighted by Crippen LogP contribution is -2.54. The molecule has 1 N–H and O–H groups in total. The van der Waals surface area contributed by atoms with Gasteiger partial charge in [-0.1, -0.05) is 0 Å². The molecule has 0 atom stereocenters. The van der Waals surface area contributed by atoms with Crippen LogP contribution in [0.25, 0.3) is 0 Å². The number of rotatable bonds is 5. The summed E-state index contributed by atoms with van der Waals surface area (Å²) in [4.78, 5) is 19.5. The molecule has 0 spiro atoms. The summed E-state index contributed by atoms with van der Waals surface area (Å²) in [5, 5.41) is 3.44. The van der Waals surface area contributed by atoms with E-state index in [4.69, 9.17) is 4.74 Å². The molecule has 24 heavy (non-hydrogen) atoms. The minimum atomic E-state index is 0.306. The van der Waals surface area contributed by atoms with E-state index in [9.17, 15) is 4.79 Å². The number of amides is 1. The maximum absolute atomic E-state index is 12.5. The van der Waals surface area contributed by atoms with Gasteiger partial charge in [-0.15, -0.1) is 0 Å². The molecule has 0 bridgehead atoms. The highest BCUT2D eigenvalue weighted by atomic mass is 16.5. The number of ether oxygens (including phenoxy) is 1. The van der Waals surface area contributed by atoms with E-state index in [2.05, 4.69) is 15.1 Å². The summed E-state index contributed by atoms with van der Waals surface area (Å²) < 4.78 is 5.67. The number of hydrogen-bond donors (Lipinski definition) is 1. The standard InChI is InChI=1S/C18H34N4O2/c1-2-24-17-5-9-22(10-6-17)18(23)15-20-11-13-21(14-12-20)16-3-7-19-8-4-16/h16-17,19H,2-15H2,1H3. The molecule has 0 aromatic carbocycles. The number of piperidine rings is 2. The Hall–Kier alpha value is -0.690. The fourth-order valence-electron chi connectivity index (χ4n) is 4.26. The van der Waals surface area contributed by atoms with Gasteiger partial charge in [-0.2, -0.15) is 0 Å². The van der Waals surface area contributed by atoms with Crippen LogP contribution < -0.4 is 5.32 Å². The van der Waals surface area contributed by atoms with E-state index in [0.717, 1.165) is 77.8 Å². The quantitative estimate of drug-likeness (QED) is 0.786. The maximum atomic E-state index is 12.5. The summed E-state index contributed by atoms with van der Waals surface area (Å²) in [6, 6.07) is 0.752. The van der Waals surface area contributed by atoms with Crippen LogP contribution >= 0.6 is 0 Å². The Morgan fingerprint density at radius 2 is 1.67 bits per heavy atom. The largest absolute Gasteiger partial charge is 0.378 e. The van der Waals surface area contributed by atoms with E-state index in [-0.39, 0.29) is 0 Å². The number of nitrogens with one attached hydrogen (secondary N) is 1. The Balaban J connectivity index is 1.36. The molecule has 3 saturated heterocycles. The van der Waals surface area contributed by atoms with Crippen LogP contribution in [0.5, 0.6) is 0 Å². The van der Waals surface area contributed by atoms with E-state index < -0.39 is 0 Å². The van der Waals surface area contributed by atoms with Gasteiger partial charge in [0.15, 0.2) is 0 Å². The lowest BCUT2D eigenvalue weighted by molar-refractivity contribution is -0.135. The van der Waals surface area contributed by atoms with E-state index in [1.165, 1.54) is 12.8 Å². The van der Waals surface area contributed by atoms with Crippen molar-refractivity contribution < 1.29 is 9.53 Å². The van der Waals surface area contributed by atoms with Gasteiger partial charge >= 0.3 is 0 Å². The molecule has 6 nitrogen and oxygen atoms in total. The van der Waals surface area contributed by atoms with Crippen LogP contribution in [0.3, 0.4) is 0 Å². The molecular weight excluding hydrogens is 304 g/mol. The topological polar surface area (TPSA) is 48.1 Å². The second-order valence-electron chi connectivity index (χ2n) is 7.33. The van der Waals surface area contributed by atoms with Gasteiger partial charge in [0.05, 0.1) is 12.6 Å². The van der Waals surface area contributed by atoms with Crippen molar-refractivity contribution in [2.75, 3.05) is 65.5 Å². The molecule has 3 heterocycles. The van der Waals surface area contributed by atoms with E-state index in [1.807, 2.05) is 11.8 Å². The van der Waals surface area contributed by atoms with Crippen molar-refractivity contribution in [2.45, 2.75) is 44.8 Å². The summed E-state index contributed by atoms with van der Waals surface area (Å²) in [5.74, 6) is 0.306. The first-order valence-corrected chi connectivity index (χ1v) is 9.82. The van der Waals surface area contributed by atoms with Crippen molar-refractivity contribution in [1.82, 2.24) is 20.0 Å². The zero-order chi connectivity index (χ0) is 16.8. The normalized spacial score (nSPS) is 26.0. The van der Waals surface area contributed by atoms with Crippen LogP contribution in [0.15, 0.2) is 0 Å². The Morgan fingerprint density at radius 3 is 2.29 bits per heavy atom. The van der Waals surface area contributed by atoms with Crippen LogP contribution in [0.2, 0.25) is 0 Å². The Kier molecular flexibility index (Phi) is 6.89. The first-order valence-electron chi connectivity index (χ1n) is 9.82. The highest BCUT2D eigenvalue weighted by molar-refractivity contribution is 5.78. The molecule has 0 unspecified atom stereocenters. The zero-order valence-electron chi connectivity index (χ0n) is 15.2. The van der Waals surface area contributed by atoms with Crippen molar-refractivity contribution in [1.29, 1.82) is 0 Å². The van der Waals surface area contributed by atoms with Gasteiger partial charge in [0, 0.05) is 51.9 Å². The molecule has 3 aliphatic rings. The molecule has 138 valence electrons. The third-order valence-electron chi connectivity index (χ3n) is 5.79. The number of carbonyl (C=O) groups is 1. The number of nitrogens with zero attached hydrogens (tertiary/aromatic N) is 3. The van der Waals surface area contributed by atoms with Crippen LogP contribution in [0, 0.1) is 0 Å². The van der Waals surface area contributed by atoms with Gasteiger partial charge in [-0.25, -0.2) is 0 Å². The Morgan fingerprint density at radius 1 is 1.00 bits per heavy atom. The average Bonchev–Trinajstić information content (AvgIpc) is 2.64. The molecule has 1 amide bonds. The van der Waals surface area contributed by atoms with Crippen molar-refractivity contribution in [3.63, 3.8) is 0 Å². The molecule has 3 aliphatic heterocycles. The molecule has 0 saturated carbocycles. The van der Waals surface area contributed by atoms with Gasteiger partial charge in [0.1, 0.15) is 0 Å². The van der Waals surface area contributed by atoms with Gasteiger partial charge in [-0.05, 0) is 45.7 Å². The Bertz CT molecular complexity index is 384. The third kappa shape index (κ3) is 4.91. The molecule has 6 heteroatoms. The first-order chi connectivity index (χ1) is 11.8. The van der Waals surface area contributed by atoms with Crippen molar-refractivity contribution >= 4 is 5.91 Å². The summed E-state index contributed by atoms with van der Waals surface area (Å²) >= 11 is 0. The summed E-state index contributed by atoms with van der Waals surface area (Å²) in [5.41, 5.74) is 0. The molecular formula is C18H34N4O2. The van der Waals surface area contributed by atoms with Crippen LogP contribution in [-0.4, -0.2) is 98.3 Å². The smallest absolute Gasteiger partial charge is 0.236 e. The summed E-state index contributed by atoms with van der Waals surface area (Å²) in [7, 11) is 0. The van der Waals surface area contributed by atoms with Crippen LogP contribution in [0.1, 0.15) is 32.6 Å². The van der Waals surface area contributed by atoms with Crippen LogP contribution in [0.4, 0.5) is 0 Å². The molecule has 3 fully saturated rings. The van der Waals surface area contributed by atoms with Crippen molar-refractivity contribution in [2.24, 2.45) is 0 Å². The van der Waals surface area contributed by atoms with E-state index >= 15 is 0 Å². The van der Waals surface area contributed by atoms with Gasteiger partial charge < -0.3 is 15.0 Å². The number of piperazine rings is 1. The molecule has 3 rings (SSSR count). The number of hydrogen-bond acceptors (Lipinski definition) is 5. The summed E-state index contributed by atoms with van der Waals surface area (Å²) in [6.45, 7) is 11.7. The van der Waals surface area contributed by atoms with E-state index in [0.29, 0.717) is 18.6 Å². The second-order valence-corrected chi connectivity index (χ2v) is 7.33. The maximum Gasteiger partial charge on any atom is 0.236 e. The predicted octanol–water partition coefficient (Wildman–Crippen LogP) is 0.384. The zero-order valence-corrected chi connectivity index (χ0v) is 15.2. The van der Waals surface area contributed by atoms with E-state index in [1.54, 1.807) is 0 Å². The fourth-order valence-corrected chi connectivity index (χ4v) is 4.26. The third-order valence-corrected chi connectivity index (χ3v) is 5.79. The molecule has 0 aliphatic carbocycles. The molecule has 0 aromatic heterocycles. The number of carbonyl (C=O) groups excluding carboxylic acids is 1. The lowest BCUT2D eigenvalue weighted by atomic mass is 10.0. The SMILES string of the molecule is CCOC1CCN(C(=O)CN2CCN(C3CCNCC3)CC2)CC1. The van der Waals surface area contributed by atoms with Crippen molar-refractivity contribution in [3.8, 4) is 0 Å². The van der Waals surface area contributed by atoms with Crippen LogP contribution in [-0.2, 0) is 9.53 Å². The highest BCUT2D eigenvalue weighted by Crippen LogP contribution is 2.16. The molecule has 0 aromatic rings. The fraction of sp³-hybridized carbons (Fsp3) is 0.944. The number of likely N-dealkylation sites (tertiary alicyclic amines) is 1. The average molecular weight is 338 g/mol. The van der Waals surface area contributed by atoms with Gasteiger partial charge in [0.25, 0.3) is 0 Å². The summed E-state index contributed by atoms with van der Waals surface area (Å²) in [6.07, 6.45) is 4.88. The first kappa shape index (κ1) is 18.1. The lowest BCUT2D eigenvalue weighted by Gasteiger charge is -2.41. The Labute approximate surface area is 146 Å². The second kappa shape index (κ2) is 9.13. The molecule has 0 radical (unpaired) electrons. The van der Waals surface area contributed by atoms with Gasteiger partial charge in [0.2, 0.25) is 5.91 Å². The highest BCUT2D eigenvalue weighted by Gasteiger charge is 2.28. The van der Waals surface area contributed by atoms with Crippen molar-refractivity contribution in [3.05, 3.63) is 0 Å². The minimum Gasteiger partial charge on any atom is -0.378 e. The monoisotopic (exact) mass is 338 g/mol. The predicted molar refractivity (Wildman–Crippen MR) is 95.1 cm³/mol. The minimum absolute atomic E-state index is 0.306. The van der Waals surface area contributed by atoms with Gasteiger partial charge in [-0.3, -0.25) is 14.6 Å².